The molecule has 0 bridgehead atoms. The van der Waals surface area contributed by atoms with Crippen LogP contribution in [0.25, 0.3) is 0 Å². The van der Waals surface area contributed by atoms with E-state index in [1.54, 1.807) is 6.07 Å². The van der Waals surface area contributed by atoms with E-state index in [4.69, 9.17) is 5.26 Å². The minimum Gasteiger partial charge on any atom is -0.338 e. The molecule has 1 aromatic heterocycles. The van der Waals surface area contributed by atoms with Gasteiger partial charge in [0, 0.05) is 5.69 Å². The Morgan fingerprint density at radius 3 is 3.07 bits per heavy atom. The molecule has 5 heteroatoms. The van der Waals surface area contributed by atoms with Gasteiger partial charge in [0.05, 0.1) is 6.07 Å². The van der Waals surface area contributed by atoms with Gasteiger partial charge in [-0.2, -0.15) is 5.26 Å². The number of aromatic nitrogens is 2. The fraction of sp³-hybridized carbons (Fsp3) is 0.333. The second-order valence-corrected chi connectivity index (χ2v) is 2.59. The molecule has 1 N–H and O–H groups in total. The van der Waals surface area contributed by atoms with Crippen molar-refractivity contribution < 1.29 is 4.79 Å². The Kier molecular flexibility index (Phi) is 3.56. The first kappa shape index (κ1) is 10.1. The van der Waals surface area contributed by atoms with Crippen LogP contribution < -0.4 is 5.32 Å². The quantitative estimate of drug-likeness (QED) is 0.695. The van der Waals surface area contributed by atoms with Crippen molar-refractivity contribution in [3.05, 3.63) is 23.8 Å². The van der Waals surface area contributed by atoms with Crippen LogP contribution in [0.1, 0.15) is 23.1 Å². The molecule has 0 atom stereocenters. The third-order valence-corrected chi connectivity index (χ3v) is 1.65. The topological polar surface area (TPSA) is 78.7 Å². The van der Waals surface area contributed by atoms with E-state index in [0.717, 1.165) is 12.1 Å². The number of hydrogen-bond acceptors (Lipinski definition) is 4. The predicted molar refractivity (Wildman–Crippen MR) is 49.4 cm³/mol. The summed E-state index contributed by atoms with van der Waals surface area (Å²) in [5.41, 5.74) is 1.11. The van der Waals surface area contributed by atoms with Gasteiger partial charge in [-0.25, -0.2) is 9.97 Å². The smallest absolute Gasteiger partial charge is 0.270 e. The van der Waals surface area contributed by atoms with Gasteiger partial charge in [0.2, 0.25) is 0 Å². The molecule has 72 valence electrons. The van der Waals surface area contributed by atoms with E-state index in [0.29, 0.717) is 5.69 Å². The second-order valence-electron chi connectivity index (χ2n) is 2.59. The summed E-state index contributed by atoms with van der Waals surface area (Å²) in [5.74, 6) is -0.344. The fourth-order valence-electron chi connectivity index (χ4n) is 0.925. The van der Waals surface area contributed by atoms with E-state index in [2.05, 4.69) is 15.3 Å². The lowest BCUT2D eigenvalue weighted by Gasteiger charge is -2.00. The average molecular weight is 190 g/mol. The lowest BCUT2D eigenvalue weighted by atomic mass is 10.2. The van der Waals surface area contributed by atoms with Crippen LogP contribution in [-0.4, -0.2) is 22.4 Å². The normalized spacial score (nSPS) is 9.14. The van der Waals surface area contributed by atoms with Crippen molar-refractivity contribution >= 4 is 5.91 Å². The van der Waals surface area contributed by atoms with E-state index in [1.807, 2.05) is 13.0 Å². The van der Waals surface area contributed by atoms with Crippen molar-refractivity contribution in [2.45, 2.75) is 13.3 Å². The lowest BCUT2D eigenvalue weighted by molar-refractivity contribution is 0.0953. The Morgan fingerprint density at radius 1 is 1.64 bits per heavy atom. The van der Waals surface area contributed by atoms with Gasteiger partial charge in [-0.3, -0.25) is 4.79 Å². The minimum atomic E-state index is -0.344. The van der Waals surface area contributed by atoms with Gasteiger partial charge >= 0.3 is 0 Å². The molecular weight excluding hydrogens is 180 g/mol. The highest BCUT2D eigenvalue weighted by molar-refractivity contribution is 5.92. The van der Waals surface area contributed by atoms with Gasteiger partial charge in [-0.05, 0) is 12.5 Å². The van der Waals surface area contributed by atoms with Crippen LogP contribution in [0.15, 0.2) is 12.4 Å². The van der Waals surface area contributed by atoms with Crippen molar-refractivity contribution in [3.8, 4) is 6.07 Å². The predicted octanol–water partition coefficient (Wildman–Crippen LogP) is 0.292. The molecule has 14 heavy (non-hydrogen) atoms. The van der Waals surface area contributed by atoms with Crippen LogP contribution in [0.5, 0.6) is 0 Å². The number of nitriles is 1. The largest absolute Gasteiger partial charge is 0.338 e. The summed E-state index contributed by atoms with van der Waals surface area (Å²) in [6, 6.07) is 3.44. The molecule has 1 aromatic rings. The van der Waals surface area contributed by atoms with Gasteiger partial charge in [-0.1, -0.05) is 6.92 Å². The van der Waals surface area contributed by atoms with Gasteiger partial charge in [0.25, 0.3) is 5.91 Å². The van der Waals surface area contributed by atoms with Crippen molar-refractivity contribution in [1.29, 1.82) is 5.26 Å². The third kappa shape index (κ3) is 2.52. The van der Waals surface area contributed by atoms with E-state index in [1.165, 1.54) is 6.33 Å². The molecule has 1 heterocycles. The summed E-state index contributed by atoms with van der Waals surface area (Å²) in [6.07, 6.45) is 2.10. The summed E-state index contributed by atoms with van der Waals surface area (Å²) in [7, 11) is 0. The summed E-state index contributed by atoms with van der Waals surface area (Å²) in [4.78, 5) is 19.1. The van der Waals surface area contributed by atoms with E-state index >= 15 is 0 Å². The molecule has 0 saturated heterocycles. The van der Waals surface area contributed by atoms with Crippen molar-refractivity contribution in [1.82, 2.24) is 15.3 Å². The molecule has 0 saturated carbocycles. The zero-order valence-corrected chi connectivity index (χ0v) is 7.82. The molecule has 5 nitrogen and oxygen atoms in total. The summed E-state index contributed by atoms with van der Waals surface area (Å²) in [5, 5.41) is 10.7. The maximum absolute atomic E-state index is 11.3. The van der Waals surface area contributed by atoms with Gasteiger partial charge in [0.1, 0.15) is 18.6 Å². The maximum Gasteiger partial charge on any atom is 0.270 e. The van der Waals surface area contributed by atoms with E-state index in [-0.39, 0.29) is 12.5 Å². The Bertz CT molecular complexity index is 369. The number of carbonyl (C=O) groups excluding carboxylic acids is 1. The minimum absolute atomic E-state index is 0.00963. The first-order valence-electron chi connectivity index (χ1n) is 4.24. The number of rotatable bonds is 3. The van der Waals surface area contributed by atoms with Crippen LogP contribution in [0.4, 0.5) is 0 Å². The molecule has 1 amide bonds. The zero-order chi connectivity index (χ0) is 10.4. The Hall–Kier alpha value is -1.96. The van der Waals surface area contributed by atoms with Gasteiger partial charge < -0.3 is 5.32 Å². The number of aryl methyl sites for hydroxylation is 1. The molecule has 0 aliphatic carbocycles. The zero-order valence-electron chi connectivity index (χ0n) is 7.82. The highest BCUT2D eigenvalue weighted by atomic mass is 16.1. The second kappa shape index (κ2) is 4.92. The highest BCUT2D eigenvalue weighted by Gasteiger charge is 2.06. The molecule has 0 aliphatic rings. The van der Waals surface area contributed by atoms with Crippen LogP contribution in [-0.2, 0) is 6.42 Å². The standard InChI is InChI=1S/C9H10N4O/c1-2-7-5-8(13-6-12-7)9(14)11-4-3-10/h5-6H,2,4H2,1H3,(H,11,14). The number of nitrogens with one attached hydrogen (secondary N) is 1. The van der Waals surface area contributed by atoms with Gasteiger partial charge in [0.15, 0.2) is 0 Å². The number of hydrogen-bond donors (Lipinski definition) is 1. The molecule has 0 spiro atoms. The van der Waals surface area contributed by atoms with E-state index < -0.39 is 0 Å². The number of carbonyl (C=O) groups is 1. The molecule has 0 fully saturated rings. The molecule has 0 aliphatic heterocycles. The molecule has 1 rings (SSSR count). The Balaban J connectivity index is 2.75. The monoisotopic (exact) mass is 190 g/mol. The SMILES string of the molecule is CCc1cc(C(=O)NCC#N)ncn1. The summed E-state index contributed by atoms with van der Waals surface area (Å²) < 4.78 is 0. The number of nitrogens with zero attached hydrogens (tertiary/aromatic N) is 3. The lowest BCUT2D eigenvalue weighted by Crippen LogP contribution is -2.24. The first-order valence-corrected chi connectivity index (χ1v) is 4.24. The van der Waals surface area contributed by atoms with E-state index in [9.17, 15) is 4.79 Å². The fourth-order valence-corrected chi connectivity index (χ4v) is 0.925. The number of amides is 1. The molecule has 0 unspecified atom stereocenters. The average Bonchev–Trinajstić information content (AvgIpc) is 2.26. The third-order valence-electron chi connectivity index (χ3n) is 1.65. The van der Waals surface area contributed by atoms with Gasteiger partial charge in [-0.15, -0.1) is 0 Å². The Labute approximate surface area is 81.8 Å². The Morgan fingerprint density at radius 2 is 2.43 bits per heavy atom. The van der Waals surface area contributed by atoms with Crippen molar-refractivity contribution in [2.24, 2.45) is 0 Å². The maximum atomic E-state index is 11.3. The highest BCUT2D eigenvalue weighted by Crippen LogP contribution is 1.98. The van der Waals surface area contributed by atoms with Crippen molar-refractivity contribution in [2.75, 3.05) is 6.54 Å². The molecule has 0 radical (unpaired) electrons. The first-order chi connectivity index (χ1) is 6.77. The molecular formula is C9H10N4O. The van der Waals surface area contributed by atoms with Crippen LogP contribution in [0.3, 0.4) is 0 Å². The van der Waals surface area contributed by atoms with Crippen LogP contribution in [0, 0.1) is 11.3 Å². The van der Waals surface area contributed by atoms with Crippen LogP contribution in [0.2, 0.25) is 0 Å². The van der Waals surface area contributed by atoms with Crippen molar-refractivity contribution in [3.63, 3.8) is 0 Å². The summed E-state index contributed by atoms with van der Waals surface area (Å²) >= 11 is 0. The molecule has 0 aromatic carbocycles. The summed E-state index contributed by atoms with van der Waals surface area (Å²) in [6.45, 7) is 1.93. The van der Waals surface area contributed by atoms with Crippen LogP contribution >= 0.6 is 0 Å².